The van der Waals surface area contributed by atoms with Gasteiger partial charge >= 0.3 is 0 Å². The summed E-state index contributed by atoms with van der Waals surface area (Å²) < 4.78 is 5.46. The van der Waals surface area contributed by atoms with E-state index in [1.807, 2.05) is 0 Å². The van der Waals surface area contributed by atoms with Crippen LogP contribution in [0.5, 0.6) is 0 Å². The van der Waals surface area contributed by atoms with Crippen LogP contribution in [0.25, 0.3) is 0 Å². The van der Waals surface area contributed by atoms with Crippen LogP contribution >= 0.6 is 0 Å². The molecular weight excluding hydrogens is 246 g/mol. The van der Waals surface area contributed by atoms with Crippen molar-refractivity contribution in [3.63, 3.8) is 0 Å². The lowest BCUT2D eigenvalue weighted by molar-refractivity contribution is 0.0910. The first-order valence-electron chi connectivity index (χ1n) is 8.24. The van der Waals surface area contributed by atoms with Crippen LogP contribution in [0.2, 0.25) is 0 Å². The molecule has 2 heteroatoms. The van der Waals surface area contributed by atoms with E-state index in [2.05, 4.69) is 37.2 Å². The lowest BCUT2D eigenvalue weighted by Gasteiger charge is -2.42. The SMILES string of the molecule is COC1=CC(C2CC3CCC(C3)C2CN(C)C)CC=C1. The van der Waals surface area contributed by atoms with Crippen molar-refractivity contribution in [1.82, 2.24) is 4.90 Å². The third-order valence-corrected chi connectivity index (χ3v) is 5.77. The molecule has 0 aromatic carbocycles. The minimum atomic E-state index is 0.697. The van der Waals surface area contributed by atoms with Gasteiger partial charge in [0.05, 0.1) is 7.11 Å². The first-order valence-corrected chi connectivity index (χ1v) is 8.24. The Morgan fingerprint density at radius 2 is 2.10 bits per heavy atom. The molecule has 2 bridgehead atoms. The Hall–Kier alpha value is -0.760. The maximum absolute atomic E-state index is 5.46. The molecule has 3 aliphatic carbocycles. The molecule has 0 aromatic rings. The standard InChI is InChI=1S/C18H29NO/c1-19(2)12-18-15-8-7-13(9-15)10-17(18)14-5-4-6-16(11-14)20-3/h4,6,11,13-15,17-18H,5,7-10,12H2,1-3H3. The second kappa shape index (κ2) is 5.93. The number of ether oxygens (including phenoxy) is 1. The van der Waals surface area contributed by atoms with Crippen LogP contribution in [-0.4, -0.2) is 32.6 Å². The molecule has 5 atom stereocenters. The molecule has 5 unspecified atom stereocenters. The quantitative estimate of drug-likeness (QED) is 0.775. The van der Waals surface area contributed by atoms with E-state index in [1.165, 1.54) is 38.6 Å². The summed E-state index contributed by atoms with van der Waals surface area (Å²) in [5.74, 6) is 5.50. The van der Waals surface area contributed by atoms with Gasteiger partial charge in [-0.1, -0.05) is 12.5 Å². The summed E-state index contributed by atoms with van der Waals surface area (Å²) in [5, 5.41) is 0. The molecule has 112 valence electrons. The van der Waals surface area contributed by atoms with Crippen LogP contribution in [0, 0.1) is 29.6 Å². The zero-order valence-corrected chi connectivity index (χ0v) is 13.2. The van der Waals surface area contributed by atoms with E-state index >= 15 is 0 Å². The van der Waals surface area contributed by atoms with Crippen LogP contribution in [0.1, 0.15) is 32.1 Å². The van der Waals surface area contributed by atoms with Crippen molar-refractivity contribution in [2.45, 2.75) is 32.1 Å². The fraction of sp³-hybridized carbons (Fsp3) is 0.778. The zero-order chi connectivity index (χ0) is 14.1. The van der Waals surface area contributed by atoms with Crippen molar-refractivity contribution < 1.29 is 4.74 Å². The molecule has 0 aromatic heterocycles. The number of rotatable bonds is 4. The summed E-state index contributed by atoms with van der Waals surface area (Å²) >= 11 is 0. The van der Waals surface area contributed by atoms with Crippen molar-refractivity contribution in [3.8, 4) is 0 Å². The molecule has 2 nitrogen and oxygen atoms in total. The predicted molar refractivity (Wildman–Crippen MR) is 83.3 cm³/mol. The number of hydrogen-bond acceptors (Lipinski definition) is 2. The van der Waals surface area contributed by atoms with E-state index < -0.39 is 0 Å². The van der Waals surface area contributed by atoms with Gasteiger partial charge in [0.15, 0.2) is 0 Å². The average Bonchev–Trinajstić information content (AvgIpc) is 2.84. The largest absolute Gasteiger partial charge is 0.497 e. The fourth-order valence-electron chi connectivity index (χ4n) is 4.93. The van der Waals surface area contributed by atoms with Crippen molar-refractivity contribution in [2.75, 3.05) is 27.7 Å². The van der Waals surface area contributed by atoms with Crippen LogP contribution in [0.4, 0.5) is 0 Å². The Kier molecular flexibility index (Phi) is 4.21. The molecular formula is C18H29NO. The van der Waals surface area contributed by atoms with Crippen molar-refractivity contribution in [3.05, 3.63) is 24.0 Å². The van der Waals surface area contributed by atoms with E-state index in [1.54, 1.807) is 7.11 Å². The maximum Gasteiger partial charge on any atom is 0.114 e. The number of methoxy groups -OCH3 is 1. The summed E-state index contributed by atoms with van der Waals surface area (Å²) in [5.41, 5.74) is 0. The molecule has 3 rings (SSSR count). The highest BCUT2D eigenvalue weighted by molar-refractivity contribution is 5.19. The minimum absolute atomic E-state index is 0.697. The van der Waals surface area contributed by atoms with E-state index in [-0.39, 0.29) is 0 Å². The highest BCUT2D eigenvalue weighted by atomic mass is 16.5. The van der Waals surface area contributed by atoms with E-state index in [0.29, 0.717) is 5.92 Å². The summed E-state index contributed by atoms with van der Waals surface area (Å²) in [7, 11) is 6.25. The van der Waals surface area contributed by atoms with Gasteiger partial charge in [-0.15, -0.1) is 0 Å². The molecule has 0 spiro atoms. The van der Waals surface area contributed by atoms with Gasteiger partial charge in [0, 0.05) is 6.54 Å². The number of hydrogen-bond donors (Lipinski definition) is 0. The Balaban J connectivity index is 1.78. The van der Waals surface area contributed by atoms with Gasteiger partial charge < -0.3 is 9.64 Å². The van der Waals surface area contributed by atoms with Crippen molar-refractivity contribution in [2.24, 2.45) is 29.6 Å². The van der Waals surface area contributed by atoms with E-state index in [9.17, 15) is 0 Å². The first kappa shape index (κ1) is 14.2. The van der Waals surface area contributed by atoms with Gasteiger partial charge in [-0.3, -0.25) is 0 Å². The maximum atomic E-state index is 5.46. The van der Waals surface area contributed by atoms with Crippen LogP contribution in [0.15, 0.2) is 24.0 Å². The van der Waals surface area contributed by atoms with E-state index in [0.717, 1.165) is 29.4 Å². The second-order valence-corrected chi connectivity index (χ2v) is 7.34. The van der Waals surface area contributed by atoms with E-state index in [4.69, 9.17) is 4.74 Å². The third kappa shape index (κ3) is 2.81. The normalized spacial score (nSPS) is 40.0. The monoisotopic (exact) mass is 275 g/mol. The lowest BCUT2D eigenvalue weighted by Crippen LogP contribution is -2.39. The van der Waals surface area contributed by atoms with Crippen LogP contribution in [-0.2, 0) is 4.74 Å². The Bertz CT molecular complexity index is 398. The molecule has 0 amide bonds. The first-order chi connectivity index (χ1) is 9.67. The number of nitrogens with zero attached hydrogens (tertiary/aromatic N) is 1. The van der Waals surface area contributed by atoms with Crippen LogP contribution < -0.4 is 0 Å². The third-order valence-electron chi connectivity index (χ3n) is 5.77. The molecule has 3 aliphatic rings. The van der Waals surface area contributed by atoms with Crippen LogP contribution in [0.3, 0.4) is 0 Å². The highest BCUT2D eigenvalue weighted by Gasteiger charge is 2.44. The highest BCUT2D eigenvalue weighted by Crippen LogP contribution is 2.51. The zero-order valence-electron chi connectivity index (χ0n) is 13.2. The molecule has 0 aliphatic heterocycles. The summed E-state index contributed by atoms with van der Waals surface area (Å²) in [4.78, 5) is 2.40. The molecule has 0 heterocycles. The molecule has 0 radical (unpaired) electrons. The van der Waals surface area contributed by atoms with Gasteiger partial charge in [0.2, 0.25) is 0 Å². The van der Waals surface area contributed by atoms with Gasteiger partial charge in [-0.2, -0.15) is 0 Å². The van der Waals surface area contributed by atoms with Crippen molar-refractivity contribution in [1.29, 1.82) is 0 Å². The Labute approximate surface area is 123 Å². The average molecular weight is 275 g/mol. The van der Waals surface area contributed by atoms with Gasteiger partial charge in [0.1, 0.15) is 5.76 Å². The molecule has 0 N–H and O–H groups in total. The minimum Gasteiger partial charge on any atom is -0.497 e. The summed E-state index contributed by atoms with van der Waals surface area (Å²) in [6, 6.07) is 0. The van der Waals surface area contributed by atoms with Gasteiger partial charge in [0.25, 0.3) is 0 Å². The summed E-state index contributed by atoms with van der Waals surface area (Å²) in [6.45, 7) is 1.26. The molecule has 0 saturated heterocycles. The van der Waals surface area contributed by atoms with Crippen molar-refractivity contribution >= 4 is 0 Å². The van der Waals surface area contributed by atoms with Gasteiger partial charge in [-0.25, -0.2) is 0 Å². The topological polar surface area (TPSA) is 12.5 Å². The summed E-state index contributed by atoms with van der Waals surface area (Å²) in [6.07, 6.45) is 14.0. The fourth-order valence-corrected chi connectivity index (χ4v) is 4.93. The molecule has 2 fully saturated rings. The Morgan fingerprint density at radius 1 is 1.25 bits per heavy atom. The van der Waals surface area contributed by atoms with Gasteiger partial charge in [-0.05, 0) is 81.5 Å². The number of fused-ring (bicyclic) bond motifs is 2. The second-order valence-electron chi connectivity index (χ2n) is 7.34. The molecule has 20 heavy (non-hydrogen) atoms. The number of allylic oxidation sites excluding steroid dienone is 3. The lowest BCUT2D eigenvalue weighted by atomic mass is 9.65. The predicted octanol–water partition coefficient (Wildman–Crippen LogP) is 3.71. The Morgan fingerprint density at radius 3 is 2.85 bits per heavy atom. The molecule has 2 saturated carbocycles. The smallest absolute Gasteiger partial charge is 0.114 e.